The van der Waals surface area contributed by atoms with Crippen LogP contribution in [0, 0.1) is 0 Å². The monoisotopic (exact) mass is 302 g/mol. The highest BCUT2D eigenvalue weighted by Gasteiger charge is 2.08. The SMILES string of the molecule is CC(C)OCCCNc1cc(CC(=O)O)nc2ccccc12. The lowest BCUT2D eigenvalue weighted by molar-refractivity contribution is -0.136. The fourth-order valence-electron chi connectivity index (χ4n) is 2.24. The second kappa shape index (κ2) is 7.75. The predicted octanol–water partition coefficient (Wildman–Crippen LogP) is 3.09. The van der Waals surface area contributed by atoms with Crippen LogP contribution >= 0.6 is 0 Å². The largest absolute Gasteiger partial charge is 0.481 e. The number of fused-ring (bicyclic) bond motifs is 1. The van der Waals surface area contributed by atoms with Crippen molar-refractivity contribution in [3.8, 4) is 0 Å². The fraction of sp³-hybridized carbons (Fsp3) is 0.412. The highest BCUT2D eigenvalue weighted by Crippen LogP contribution is 2.23. The van der Waals surface area contributed by atoms with Crippen LogP contribution < -0.4 is 5.32 Å². The van der Waals surface area contributed by atoms with Crippen LogP contribution in [-0.4, -0.2) is 35.3 Å². The molecule has 0 saturated carbocycles. The normalized spacial score (nSPS) is 11.0. The number of ether oxygens (including phenoxy) is 1. The number of pyridine rings is 1. The first kappa shape index (κ1) is 16.2. The first-order chi connectivity index (χ1) is 10.6. The third-order valence-corrected chi connectivity index (χ3v) is 3.19. The summed E-state index contributed by atoms with van der Waals surface area (Å²) in [5, 5.41) is 13.3. The molecule has 2 aromatic rings. The van der Waals surface area contributed by atoms with Crippen molar-refractivity contribution in [2.45, 2.75) is 32.8 Å². The van der Waals surface area contributed by atoms with E-state index in [0.717, 1.165) is 29.6 Å². The maximum atomic E-state index is 10.9. The predicted molar refractivity (Wildman–Crippen MR) is 87.3 cm³/mol. The van der Waals surface area contributed by atoms with Crippen molar-refractivity contribution in [1.29, 1.82) is 0 Å². The number of aromatic nitrogens is 1. The number of nitrogens with zero attached hydrogens (tertiary/aromatic N) is 1. The molecule has 0 spiro atoms. The van der Waals surface area contributed by atoms with Crippen molar-refractivity contribution in [2.24, 2.45) is 0 Å². The zero-order chi connectivity index (χ0) is 15.9. The Labute approximate surface area is 130 Å². The van der Waals surface area contributed by atoms with E-state index >= 15 is 0 Å². The third-order valence-electron chi connectivity index (χ3n) is 3.19. The second-order valence-corrected chi connectivity index (χ2v) is 5.45. The van der Waals surface area contributed by atoms with E-state index in [1.165, 1.54) is 0 Å². The number of nitrogens with one attached hydrogen (secondary N) is 1. The minimum atomic E-state index is -0.876. The number of aliphatic carboxylic acids is 1. The van der Waals surface area contributed by atoms with E-state index in [2.05, 4.69) is 10.3 Å². The molecule has 1 heterocycles. The lowest BCUT2D eigenvalue weighted by Gasteiger charge is -2.12. The van der Waals surface area contributed by atoms with E-state index < -0.39 is 5.97 Å². The maximum Gasteiger partial charge on any atom is 0.309 e. The molecule has 22 heavy (non-hydrogen) atoms. The van der Waals surface area contributed by atoms with Crippen LogP contribution in [0.2, 0.25) is 0 Å². The van der Waals surface area contributed by atoms with Crippen LogP contribution in [0.3, 0.4) is 0 Å². The molecule has 0 unspecified atom stereocenters. The number of carboxylic acids is 1. The molecule has 0 radical (unpaired) electrons. The summed E-state index contributed by atoms with van der Waals surface area (Å²) >= 11 is 0. The molecule has 1 aromatic carbocycles. The first-order valence-corrected chi connectivity index (χ1v) is 7.52. The Balaban J connectivity index is 2.10. The van der Waals surface area contributed by atoms with Crippen molar-refractivity contribution in [2.75, 3.05) is 18.5 Å². The van der Waals surface area contributed by atoms with Gasteiger partial charge >= 0.3 is 5.97 Å². The Morgan fingerprint density at radius 1 is 1.36 bits per heavy atom. The van der Waals surface area contributed by atoms with Crippen LogP contribution in [-0.2, 0) is 16.0 Å². The molecule has 0 aliphatic heterocycles. The number of carbonyl (C=O) groups is 1. The van der Waals surface area contributed by atoms with Gasteiger partial charge in [-0.05, 0) is 32.4 Å². The Morgan fingerprint density at radius 3 is 2.86 bits per heavy atom. The fourth-order valence-corrected chi connectivity index (χ4v) is 2.24. The van der Waals surface area contributed by atoms with Crippen LogP contribution in [0.4, 0.5) is 5.69 Å². The molecule has 2 N–H and O–H groups in total. The zero-order valence-corrected chi connectivity index (χ0v) is 13.0. The molecule has 0 amide bonds. The number of anilines is 1. The minimum Gasteiger partial charge on any atom is -0.481 e. The summed E-state index contributed by atoms with van der Waals surface area (Å²) in [6, 6.07) is 9.56. The van der Waals surface area contributed by atoms with Gasteiger partial charge in [-0.15, -0.1) is 0 Å². The van der Waals surface area contributed by atoms with Gasteiger partial charge in [0.2, 0.25) is 0 Å². The van der Waals surface area contributed by atoms with E-state index in [-0.39, 0.29) is 12.5 Å². The molecular weight excluding hydrogens is 280 g/mol. The number of para-hydroxylation sites is 1. The van der Waals surface area contributed by atoms with Crippen LogP contribution in [0.1, 0.15) is 26.0 Å². The Kier molecular flexibility index (Phi) is 5.72. The van der Waals surface area contributed by atoms with Gasteiger partial charge in [0.15, 0.2) is 0 Å². The standard InChI is InChI=1S/C17H22N2O3/c1-12(2)22-9-5-8-18-16-10-13(11-17(20)21)19-15-7-4-3-6-14(15)16/h3-4,6-7,10,12H,5,8-9,11H2,1-2H3,(H,18,19)(H,20,21). The topological polar surface area (TPSA) is 71.5 Å². The molecule has 0 bridgehead atoms. The van der Waals surface area contributed by atoms with Gasteiger partial charge in [0.25, 0.3) is 0 Å². The lowest BCUT2D eigenvalue weighted by Crippen LogP contribution is -2.10. The van der Waals surface area contributed by atoms with Gasteiger partial charge < -0.3 is 15.2 Å². The summed E-state index contributed by atoms with van der Waals surface area (Å²) in [5.74, 6) is -0.876. The zero-order valence-electron chi connectivity index (χ0n) is 13.0. The third kappa shape index (κ3) is 4.70. The average molecular weight is 302 g/mol. The minimum absolute atomic E-state index is 0.0734. The van der Waals surface area contributed by atoms with Gasteiger partial charge in [-0.3, -0.25) is 9.78 Å². The van der Waals surface area contributed by atoms with Gasteiger partial charge in [-0.25, -0.2) is 0 Å². The van der Waals surface area contributed by atoms with Crippen molar-refractivity contribution < 1.29 is 14.6 Å². The van der Waals surface area contributed by atoms with Crippen LogP contribution in [0.25, 0.3) is 10.9 Å². The smallest absolute Gasteiger partial charge is 0.309 e. The maximum absolute atomic E-state index is 10.9. The summed E-state index contributed by atoms with van der Waals surface area (Å²) in [4.78, 5) is 15.3. The number of rotatable bonds is 8. The molecule has 0 atom stereocenters. The highest BCUT2D eigenvalue weighted by molar-refractivity contribution is 5.91. The Bertz CT molecular complexity index is 641. The summed E-state index contributed by atoms with van der Waals surface area (Å²) in [5.41, 5.74) is 2.29. The second-order valence-electron chi connectivity index (χ2n) is 5.45. The number of hydrogen-bond donors (Lipinski definition) is 2. The van der Waals surface area contributed by atoms with E-state index in [1.54, 1.807) is 0 Å². The van der Waals surface area contributed by atoms with Crippen LogP contribution in [0.5, 0.6) is 0 Å². The molecule has 0 aliphatic carbocycles. The number of benzene rings is 1. The molecule has 0 saturated heterocycles. The molecule has 2 rings (SSSR count). The molecule has 1 aromatic heterocycles. The molecule has 0 aliphatic rings. The van der Waals surface area contributed by atoms with Crippen molar-refractivity contribution in [3.05, 3.63) is 36.0 Å². The summed E-state index contributed by atoms with van der Waals surface area (Å²) < 4.78 is 5.51. The summed E-state index contributed by atoms with van der Waals surface area (Å²) in [6.07, 6.45) is 1.06. The Morgan fingerprint density at radius 2 is 2.14 bits per heavy atom. The van der Waals surface area contributed by atoms with Crippen molar-refractivity contribution in [1.82, 2.24) is 4.98 Å². The van der Waals surface area contributed by atoms with E-state index in [9.17, 15) is 4.79 Å². The quantitative estimate of drug-likeness (QED) is 0.733. The Hall–Kier alpha value is -2.14. The molecule has 5 nitrogen and oxygen atoms in total. The van der Waals surface area contributed by atoms with Gasteiger partial charge in [0.1, 0.15) is 0 Å². The molecule has 0 fully saturated rings. The number of carboxylic acid groups (broad SMARTS) is 1. The first-order valence-electron chi connectivity index (χ1n) is 7.52. The van der Waals surface area contributed by atoms with Gasteiger partial charge in [-0.1, -0.05) is 18.2 Å². The lowest BCUT2D eigenvalue weighted by atomic mass is 10.1. The van der Waals surface area contributed by atoms with E-state index in [4.69, 9.17) is 9.84 Å². The van der Waals surface area contributed by atoms with Gasteiger partial charge in [-0.2, -0.15) is 0 Å². The van der Waals surface area contributed by atoms with Gasteiger partial charge in [0, 0.05) is 24.2 Å². The van der Waals surface area contributed by atoms with Gasteiger partial charge in [0.05, 0.1) is 23.7 Å². The molecule has 118 valence electrons. The highest BCUT2D eigenvalue weighted by atomic mass is 16.5. The van der Waals surface area contributed by atoms with Crippen LogP contribution in [0.15, 0.2) is 30.3 Å². The summed E-state index contributed by atoms with van der Waals surface area (Å²) in [6.45, 7) is 5.51. The van der Waals surface area contributed by atoms with Crippen molar-refractivity contribution >= 4 is 22.6 Å². The van der Waals surface area contributed by atoms with Crippen molar-refractivity contribution in [3.63, 3.8) is 0 Å². The van der Waals surface area contributed by atoms with E-state index in [1.807, 2.05) is 44.2 Å². The number of hydrogen-bond acceptors (Lipinski definition) is 4. The molecular formula is C17H22N2O3. The molecule has 5 heteroatoms. The van der Waals surface area contributed by atoms with E-state index in [0.29, 0.717) is 12.3 Å². The summed E-state index contributed by atoms with van der Waals surface area (Å²) in [7, 11) is 0. The average Bonchev–Trinajstić information content (AvgIpc) is 2.45.